The van der Waals surface area contributed by atoms with Crippen LogP contribution in [-0.2, 0) is 0 Å². The highest BCUT2D eigenvalue weighted by molar-refractivity contribution is 7.80. The van der Waals surface area contributed by atoms with Crippen LogP contribution in [0.4, 0.5) is 0 Å². The molecular weight excluding hydrogens is 304 g/mol. The number of hydrogen-bond acceptors (Lipinski definition) is 3. The molecule has 21 heavy (non-hydrogen) atoms. The molecule has 0 amide bonds. The van der Waals surface area contributed by atoms with E-state index in [1.54, 1.807) is 6.21 Å². The van der Waals surface area contributed by atoms with E-state index >= 15 is 0 Å². The van der Waals surface area contributed by atoms with E-state index in [4.69, 9.17) is 23.8 Å². The van der Waals surface area contributed by atoms with Crippen molar-refractivity contribution in [3.8, 4) is 0 Å². The summed E-state index contributed by atoms with van der Waals surface area (Å²) >= 11 is 11.2. The maximum atomic E-state index is 5.84. The lowest BCUT2D eigenvalue weighted by molar-refractivity contribution is 0.0812. The Kier molecular flexibility index (Phi) is 4.73. The molecule has 3 aliphatic heterocycles. The van der Waals surface area contributed by atoms with Gasteiger partial charge in [-0.25, -0.2) is 0 Å². The topological polar surface area (TPSA) is 39.7 Å². The summed E-state index contributed by atoms with van der Waals surface area (Å²) in [5.74, 6) is 0.745. The van der Waals surface area contributed by atoms with Crippen LogP contribution in [0.5, 0.6) is 0 Å². The van der Waals surface area contributed by atoms with Crippen LogP contribution in [0.15, 0.2) is 29.4 Å². The number of piperidine rings is 3. The van der Waals surface area contributed by atoms with Gasteiger partial charge >= 0.3 is 0 Å². The molecule has 2 N–H and O–H groups in total. The highest BCUT2D eigenvalue weighted by Gasteiger charge is 2.34. The van der Waals surface area contributed by atoms with Gasteiger partial charge in [0.15, 0.2) is 5.11 Å². The zero-order valence-corrected chi connectivity index (χ0v) is 13.3. The second-order valence-corrected chi connectivity index (χ2v) is 6.48. The predicted molar refractivity (Wildman–Crippen MR) is 90.9 cm³/mol. The molecule has 0 saturated carbocycles. The van der Waals surface area contributed by atoms with Gasteiger partial charge in [0, 0.05) is 17.6 Å². The van der Waals surface area contributed by atoms with Gasteiger partial charge < -0.3 is 10.2 Å². The number of rotatable bonds is 3. The van der Waals surface area contributed by atoms with Crippen molar-refractivity contribution in [2.24, 2.45) is 11.0 Å². The summed E-state index contributed by atoms with van der Waals surface area (Å²) in [6.45, 7) is 3.56. The third-order valence-corrected chi connectivity index (χ3v) is 4.68. The first kappa shape index (κ1) is 14.8. The maximum Gasteiger partial charge on any atom is 0.187 e. The summed E-state index contributed by atoms with van der Waals surface area (Å²) in [5, 5.41) is 8.87. The van der Waals surface area contributed by atoms with Crippen LogP contribution >= 0.6 is 23.8 Å². The quantitative estimate of drug-likeness (QED) is 0.508. The van der Waals surface area contributed by atoms with Gasteiger partial charge in [0.05, 0.1) is 6.21 Å². The van der Waals surface area contributed by atoms with Crippen molar-refractivity contribution in [1.29, 1.82) is 0 Å². The van der Waals surface area contributed by atoms with Crippen LogP contribution in [0.3, 0.4) is 0 Å². The predicted octanol–water partition coefficient (Wildman–Crippen LogP) is 2.23. The Morgan fingerprint density at radius 1 is 1.29 bits per heavy atom. The van der Waals surface area contributed by atoms with Crippen LogP contribution in [0.1, 0.15) is 18.4 Å². The highest BCUT2D eigenvalue weighted by Crippen LogP contribution is 2.27. The van der Waals surface area contributed by atoms with Gasteiger partial charge in [-0.2, -0.15) is 5.10 Å². The van der Waals surface area contributed by atoms with E-state index in [2.05, 4.69) is 20.7 Å². The summed E-state index contributed by atoms with van der Waals surface area (Å²) in [7, 11) is 0. The zero-order valence-electron chi connectivity index (χ0n) is 11.8. The van der Waals surface area contributed by atoms with E-state index in [9.17, 15) is 0 Å². The molecule has 1 aromatic carbocycles. The third kappa shape index (κ3) is 3.93. The Balaban J connectivity index is 1.47. The minimum atomic E-state index is 0.457. The molecular formula is C15H19ClN4S. The SMILES string of the molecule is S=C(N/N=C\c1ccc(Cl)cc1)N[C@@H]1CN2CCC1CC2. The standard InChI is InChI=1S/C15H19ClN4S/c16-13-3-1-11(2-4-13)9-17-19-15(21)18-14-10-20-7-5-12(14)6-8-20/h1-4,9,12,14H,5-8,10H2,(H2,18,19,21)/b17-9-/t14-/m1/s1. The molecule has 4 rings (SSSR count). The summed E-state index contributed by atoms with van der Waals surface area (Å²) in [5.41, 5.74) is 3.87. The minimum Gasteiger partial charge on any atom is -0.357 e. The number of thiocarbonyl (C=S) groups is 1. The molecule has 0 unspecified atom stereocenters. The second kappa shape index (κ2) is 6.73. The summed E-state index contributed by atoms with van der Waals surface area (Å²) in [6.07, 6.45) is 4.28. The lowest BCUT2D eigenvalue weighted by atomic mass is 9.84. The van der Waals surface area contributed by atoms with Crippen molar-refractivity contribution in [1.82, 2.24) is 15.6 Å². The van der Waals surface area contributed by atoms with Gasteiger partial charge in [0.2, 0.25) is 0 Å². The van der Waals surface area contributed by atoms with Crippen LogP contribution < -0.4 is 10.7 Å². The Morgan fingerprint density at radius 2 is 2.00 bits per heavy atom. The first-order chi connectivity index (χ1) is 10.2. The molecule has 4 nitrogen and oxygen atoms in total. The molecule has 0 spiro atoms. The van der Waals surface area contributed by atoms with Crippen molar-refractivity contribution >= 4 is 35.1 Å². The average Bonchev–Trinajstić information content (AvgIpc) is 2.50. The van der Waals surface area contributed by atoms with Gasteiger partial charge in [-0.1, -0.05) is 23.7 Å². The van der Waals surface area contributed by atoms with Crippen LogP contribution in [0.25, 0.3) is 0 Å². The fourth-order valence-corrected chi connectivity index (χ4v) is 3.37. The van der Waals surface area contributed by atoms with Crippen molar-refractivity contribution < 1.29 is 0 Å². The molecule has 3 saturated heterocycles. The van der Waals surface area contributed by atoms with Crippen molar-refractivity contribution in [2.45, 2.75) is 18.9 Å². The Morgan fingerprint density at radius 3 is 2.62 bits per heavy atom. The molecule has 3 aliphatic rings. The van der Waals surface area contributed by atoms with E-state index in [0.29, 0.717) is 11.2 Å². The molecule has 1 aromatic rings. The van der Waals surface area contributed by atoms with Gasteiger partial charge in [-0.3, -0.25) is 5.43 Å². The van der Waals surface area contributed by atoms with Crippen LogP contribution in [-0.4, -0.2) is 41.9 Å². The van der Waals surface area contributed by atoms with Crippen molar-refractivity contribution in [2.75, 3.05) is 19.6 Å². The van der Waals surface area contributed by atoms with E-state index in [0.717, 1.165) is 23.0 Å². The lowest BCUT2D eigenvalue weighted by Crippen LogP contribution is -2.58. The normalized spacial score (nSPS) is 27.8. The van der Waals surface area contributed by atoms with Crippen molar-refractivity contribution in [3.05, 3.63) is 34.9 Å². The monoisotopic (exact) mass is 322 g/mol. The number of hydrazone groups is 1. The molecule has 1 atom stereocenters. The first-order valence-corrected chi connectivity index (χ1v) is 8.07. The fraction of sp³-hybridized carbons (Fsp3) is 0.467. The number of halogens is 1. The summed E-state index contributed by atoms with van der Waals surface area (Å²) in [4.78, 5) is 2.50. The number of nitrogens with zero attached hydrogens (tertiary/aromatic N) is 2. The smallest absolute Gasteiger partial charge is 0.187 e. The van der Waals surface area contributed by atoms with Gasteiger partial charge in [-0.15, -0.1) is 0 Å². The third-order valence-electron chi connectivity index (χ3n) is 4.22. The van der Waals surface area contributed by atoms with Crippen LogP contribution in [0.2, 0.25) is 5.02 Å². The number of benzene rings is 1. The van der Waals surface area contributed by atoms with Gasteiger partial charge in [-0.05, 0) is 61.8 Å². The zero-order chi connectivity index (χ0) is 14.7. The fourth-order valence-electron chi connectivity index (χ4n) is 3.04. The van der Waals surface area contributed by atoms with E-state index in [1.165, 1.54) is 25.9 Å². The average molecular weight is 323 g/mol. The lowest BCUT2D eigenvalue weighted by Gasteiger charge is -2.45. The Bertz CT molecular complexity index is 523. The summed E-state index contributed by atoms with van der Waals surface area (Å²) < 4.78 is 0. The molecule has 6 heteroatoms. The molecule has 0 aromatic heterocycles. The largest absolute Gasteiger partial charge is 0.357 e. The Labute approximate surface area is 135 Å². The number of hydrogen-bond donors (Lipinski definition) is 2. The molecule has 0 aliphatic carbocycles. The van der Waals surface area contributed by atoms with E-state index < -0.39 is 0 Å². The Hall–Kier alpha value is -1.17. The molecule has 112 valence electrons. The number of fused-ring (bicyclic) bond motifs is 3. The minimum absolute atomic E-state index is 0.457. The first-order valence-electron chi connectivity index (χ1n) is 7.28. The van der Waals surface area contributed by atoms with Crippen molar-refractivity contribution in [3.63, 3.8) is 0 Å². The van der Waals surface area contributed by atoms with Gasteiger partial charge in [0.1, 0.15) is 0 Å². The number of nitrogens with one attached hydrogen (secondary N) is 2. The van der Waals surface area contributed by atoms with E-state index in [1.807, 2.05) is 24.3 Å². The highest BCUT2D eigenvalue weighted by atomic mass is 35.5. The summed E-state index contributed by atoms with van der Waals surface area (Å²) in [6, 6.07) is 7.96. The van der Waals surface area contributed by atoms with Gasteiger partial charge in [0.25, 0.3) is 0 Å². The molecule has 3 fully saturated rings. The van der Waals surface area contributed by atoms with Crippen LogP contribution in [0, 0.1) is 5.92 Å². The molecule has 0 radical (unpaired) electrons. The molecule has 3 heterocycles. The second-order valence-electron chi connectivity index (χ2n) is 5.64. The maximum absolute atomic E-state index is 5.84. The molecule has 2 bridgehead atoms. The van der Waals surface area contributed by atoms with E-state index in [-0.39, 0.29) is 0 Å².